The second-order valence-electron chi connectivity index (χ2n) is 3.98. The summed E-state index contributed by atoms with van der Waals surface area (Å²) < 4.78 is 4.77. The molecule has 1 heterocycles. The lowest BCUT2D eigenvalue weighted by Crippen LogP contribution is -2.41. The van der Waals surface area contributed by atoms with Crippen LogP contribution in [0.25, 0.3) is 0 Å². The maximum atomic E-state index is 11.5. The van der Waals surface area contributed by atoms with Gasteiger partial charge in [0, 0.05) is 6.42 Å². The summed E-state index contributed by atoms with van der Waals surface area (Å²) in [4.78, 5) is 22.9. The van der Waals surface area contributed by atoms with Crippen LogP contribution in [0, 0.1) is 5.92 Å². The smallest absolute Gasteiger partial charge is 0.272 e. The lowest BCUT2D eigenvalue weighted by molar-refractivity contribution is -0.122. The highest BCUT2D eigenvalue weighted by Gasteiger charge is 2.14. The number of carbonyl (C=O) groups excluding carboxylic acids is 2. The van der Waals surface area contributed by atoms with E-state index >= 15 is 0 Å². The van der Waals surface area contributed by atoms with Crippen LogP contribution in [0.2, 0.25) is 0 Å². The first-order valence-corrected chi connectivity index (χ1v) is 5.54. The zero-order valence-corrected chi connectivity index (χ0v) is 9.31. The van der Waals surface area contributed by atoms with Gasteiger partial charge in [0.15, 0.2) is 0 Å². The van der Waals surface area contributed by atoms with E-state index in [1.165, 1.54) is 18.6 Å². The Morgan fingerprint density at radius 2 is 2.29 bits per heavy atom. The standard InChI is InChI=1S/C12H14N2O3/c15-11(7-9-3-1-2-4-9)13-14-12(16)10-5-6-17-8-10/h1,3,5-6,8-9H,2,4,7H2,(H,13,15)(H,14,16)/t9-/m0/s1. The molecule has 1 aromatic rings. The molecule has 2 N–H and O–H groups in total. The van der Waals surface area contributed by atoms with Crippen molar-refractivity contribution < 1.29 is 14.0 Å². The van der Waals surface area contributed by atoms with Gasteiger partial charge in [0.2, 0.25) is 5.91 Å². The fourth-order valence-electron chi connectivity index (χ4n) is 1.75. The minimum absolute atomic E-state index is 0.182. The second kappa shape index (κ2) is 5.34. The molecule has 17 heavy (non-hydrogen) atoms. The van der Waals surface area contributed by atoms with Crippen LogP contribution in [0.5, 0.6) is 0 Å². The highest BCUT2D eigenvalue weighted by molar-refractivity contribution is 5.94. The molecule has 0 saturated heterocycles. The van der Waals surface area contributed by atoms with E-state index in [2.05, 4.69) is 16.9 Å². The molecule has 90 valence electrons. The first-order valence-electron chi connectivity index (χ1n) is 5.54. The molecule has 0 fully saturated rings. The predicted octanol–water partition coefficient (Wildman–Crippen LogP) is 1.40. The van der Waals surface area contributed by atoms with Crippen LogP contribution in [0.15, 0.2) is 35.2 Å². The molecule has 0 radical (unpaired) electrons. The van der Waals surface area contributed by atoms with Crippen molar-refractivity contribution in [2.45, 2.75) is 19.3 Å². The fourth-order valence-corrected chi connectivity index (χ4v) is 1.75. The van der Waals surface area contributed by atoms with E-state index in [4.69, 9.17) is 4.42 Å². The number of carbonyl (C=O) groups is 2. The maximum absolute atomic E-state index is 11.5. The van der Waals surface area contributed by atoms with Gasteiger partial charge in [0.05, 0.1) is 11.8 Å². The zero-order valence-electron chi connectivity index (χ0n) is 9.31. The number of nitrogens with one attached hydrogen (secondary N) is 2. The molecule has 0 unspecified atom stereocenters. The van der Waals surface area contributed by atoms with Gasteiger partial charge in [-0.1, -0.05) is 12.2 Å². The molecular formula is C12H14N2O3. The summed E-state index contributed by atoms with van der Waals surface area (Å²) in [6, 6.07) is 1.53. The lowest BCUT2D eigenvalue weighted by atomic mass is 10.1. The van der Waals surface area contributed by atoms with Crippen LogP contribution in [0.4, 0.5) is 0 Å². The fraction of sp³-hybridized carbons (Fsp3) is 0.333. The predicted molar refractivity (Wildman–Crippen MR) is 60.8 cm³/mol. The number of furan rings is 1. The SMILES string of the molecule is O=C(C[C@H]1C=CCC1)NNC(=O)c1ccoc1. The van der Waals surface area contributed by atoms with Crippen molar-refractivity contribution in [2.75, 3.05) is 0 Å². The molecule has 1 aromatic heterocycles. The summed E-state index contributed by atoms with van der Waals surface area (Å²) in [5.74, 6) is -0.270. The van der Waals surface area contributed by atoms with Gasteiger partial charge in [-0.25, -0.2) is 0 Å². The van der Waals surface area contributed by atoms with Crippen LogP contribution in [0.1, 0.15) is 29.6 Å². The Morgan fingerprint density at radius 3 is 2.94 bits per heavy atom. The Kier molecular flexibility index (Phi) is 3.59. The summed E-state index contributed by atoms with van der Waals surface area (Å²) >= 11 is 0. The van der Waals surface area contributed by atoms with Crippen molar-refractivity contribution in [2.24, 2.45) is 5.92 Å². The van der Waals surface area contributed by atoms with Gasteiger partial charge in [-0.15, -0.1) is 0 Å². The molecule has 1 atom stereocenters. The Labute approximate surface area is 98.8 Å². The summed E-state index contributed by atoms with van der Waals surface area (Å²) in [6.07, 6.45) is 9.27. The minimum Gasteiger partial charge on any atom is -0.472 e. The van der Waals surface area contributed by atoms with Crippen molar-refractivity contribution in [3.63, 3.8) is 0 Å². The zero-order chi connectivity index (χ0) is 12.1. The Hall–Kier alpha value is -2.04. The largest absolute Gasteiger partial charge is 0.472 e. The number of hydrogen-bond acceptors (Lipinski definition) is 3. The van der Waals surface area contributed by atoms with E-state index in [1.807, 2.05) is 6.08 Å². The third kappa shape index (κ3) is 3.21. The highest BCUT2D eigenvalue weighted by Crippen LogP contribution is 2.19. The van der Waals surface area contributed by atoms with E-state index in [0.717, 1.165) is 12.8 Å². The normalized spacial score (nSPS) is 18.0. The van der Waals surface area contributed by atoms with Gasteiger partial charge >= 0.3 is 0 Å². The Bertz CT molecular complexity index is 423. The number of hydrogen-bond donors (Lipinski definition) is 2. The van der Waals surface area contributed by atoms with E-state index in [-0.39, 0.29) is 11.8 Å². The monoisotopic (exact) mass is 234 g/mol. The lowest BCUT2D eigenvalue weighted by Gasteiger charge is -2.09. The van der Waals surface area contributed by atoms with E-state index in [1.54, 1.807) is 0 Å². The van der Waals surface area contributed by atoms with Crippen molar-refractivity contribution >= 4 is 11.8 Å². The minimum atomic E-state index is -0.380. The molecule has 2 amide bonds. The first kappa shape index (κ1) is 11.4. The topological polar surface area (TPSA) is 71.3 Å². The van der Waals surface area contributed by atoms with Crippen molar-refractivity contribution in [1.82, 2.24) is 10.9 Å². The first-order chi connectivity index (χ1) is 8.25. The summed E-state index contributed by atoms with van der Waals surface area (Å²) in [5, 5.41) is 0. The van der Waals surface area contributed by atoms with Gasteiger partial charge in [-0.05, 0) is 24.8 Å². The van der Waals surface area contributed by atoms with Gasteiger partial charge in [-0.3, -0.25) is 20.4 Å². The van der Waals surface area contributed by atoms with Crippen LogP contribution in [0.3, 0.4) is 0 Å². The molecule has 0 bridgehead atoms. The van der Waals surface area contributed by atoms with Gasteiger partial charge in [-0.2, -0.15) is 0 Å². The van der Waals surface area contributed by atoms with Gasteiger partial charge in [0.1, 0.15) is 6.26 Å². The van der Waals surface area contributed by atoms with E-state index < -0.39 is 0 Å². The third-order valence-corrected chi connectivity index (χ3v) is 2.66. The average Bonchev–Trinajstić information content (AvgIpc) is 2.97. The number of amides is 2. The molecule has 1 aliphatic carbocycles. The molecule has 5 heteroatoms. The van der Waals surface area contributed by atoms with Crippen molar-refractivity contribution in [3.8, 4) is 0 Å². The second-order valence-corrected chi connectivity index (χ2v) is 3.98. The summed E-state index contributed by atoms with van der Waals surface area (Å²) in [5.41, 5.74) is 5.10. The van der Waals surface area contributed by atoms with E-state index in [0.29, 0.717) is 17.9 Å². The van der Waals surface area contributed by atoms with Crippen LogP contribution in [-0.2, 0) is 4.79 Å². The number of hydrazine groups is 1. The molecule has 0 spiro atoms. The molecule has 5 nitrogen and oxygen atoms in total. The maximum Gasteiger partial charge on any atom is 0.272 e. The van der Waals surface area contributed by atoms with E-state index in [9.17, 15) is 9.59 Å². The Morgan fingerprint density at radius 1 is 1.41 bits per heavy atom. The Balaban J connectivity index is 1.72. The summed E-state index contributed by atoms with van der Waals surface area (Å²) in [6.45, 7) is 0. The average molecular weight is 234 g/mol. The molecular weight excluding hydrogens is 220 g/mol. The molecule has 0 aliphatic heterocycles. The van der Waals surface area contributed by atoms with Crippen molar-refractivity contribution in [3.05, 3.63) is 36.3 Å². The quantitative estimate of drug-likeness (QED) is 0.613. The molecule has 1 aliphatic rings. The number of rotatable bonds is 3. The van der Waals surface area contributed by atoms with Gasteiger partial charge < -0.3 is 4.42 Å². The molecule has 2 rings (SSSR count). The van der Waals surface area contributed by atoms with Crippen molar-refractivity contribution in [1.29, 1.82) is 0 Å². The third-order valence-electron chi connectivity index (χ3n) is 2.66. The summed E-state index contributed by atoms with van der Waals surface area (Å²) in [7, 11) is 0. The van der Waals surface area contributed by atoms with Crippen LogP contribution in [-0.4, -0.2) is 11.8 Å². The highest BCUT2D eigenvalue weighted by atomic mass is 16.3. The molecule has 0 aromatic carbocycles. The van der Waals surface area contributed by atoms with Crippen LogP contribution < -0.4 is 10.9 Å². The van der Waals surface area contributed by atoms with Gasteiger partial charge in [0.25, 0.3) is 5.91 Å². The molecule has 0 saturated carbocycles. The number of allylic oxidation sites excluding steroid dienone is 2. The van der Waals surface area contributed by atoms with Crippen LogP contribution >= 0.6 is 0 Å².